The first kappa shape index (κ1) is 27.8. The molecule has 0 aliphatic heterocycles. The molecule has 0 saturated carbocycles. The molecule has 1 aromatic carbocycles. The predicted molar refractivity (Wildman–Crippen MR) is 124 cm³/mol. The Balaban J connectivity index is 2.20. The van der Waals surface area contributed by atoms with Crippen molar-refractivity contribution in [3.8, 4) is 0 Å². The SMILES string of the molecule is NCC(=O)NC(CC(=O)O)C(=O)NC(CCC(=O)O)C(=O)NC(Cc1c[nH]c2ccccc12)C(=O)O. The minimum Gasteiger partial charge on any atom is -0.481 e. The summed E-state index contributed by atoms with van der Waals surface area (Å²) in [5.41, 5.74) is 6.55. The molecule has 2 rings (SSSR count). The maximum absolute atomic E-state index is 12.9. The monoisotopic (exact) mass is 505 g/mol. The molecule has 1 heterocycles. The number of fused-ring (bicyclic) bond motifs is 1. The average molecular weight is 505 g/mol. The fraction of sp³-hybridized carbons (Fsp3) is 0.364. The zero-order chi connectivity index (χ0) is 26.8. The highest BCUT2D eigenvalue weighted by Gasteiger charge is 2.31. The van der Waals surface area contributed by atoms with Gasteiger partial charge in [-0.2, -0.15) is 0 Å². The third-order valence-corrected chi connectivity index (χ3v) is 5.21. The van der Waals surface area contributed by atoms with E-state index < -0.39 is 79.6 Å². The highest BCUT2D eigenvalue weighted by atomic mass is 16.4. The van der Waals surface area contributed by atoms with Crippen molar-refractivity contribution in [2.24, 2.45) is 5.73 Å². The van der Waals surface area contributed by atoms with Crippen LogP contribution >= 0.6 is 0 Å². The number of carbonyl (C=O) groups excluding carboxylic acids is 3. The normalized spacial score (nSPS) is 13.2. The third kappa shape index (κ3) is 8.09. The first-order chi connectivity index (χ1) is 17.0. The number of nitrogens with two attached hydrogens (primary N) is 1. The largest absolute Gasteiger partial charge is 0.481 e. The summed E-state index contributed by atoms with van der Waals surface area (Å²) in [6.45, 7) is -0.527. The molecule has 0 spiro atoms. The first-order valence-corrected chi connectivity index (χ1v) is 10.8. The lowest BCUT2D eigenvalue weighted by Crippen LogP contribution is -2.56. The number of aromatic amines is 1. The van der Waals surface area contributed by atoms with Crippen molar-refractivity contribution in [2.45, 2.75) is 43.8 Å². The number of para-hydroxylation sites is 1. The molecule has 194 valence electrons. The van der Waals surface area contributed by atoms with E-state index in [1.165, 1.54) is 0 Å². The van der Waals surface area contributed by atoms with Crippen molar-refractivity contribution in [2.75, 3.05) is 6.54 Å². The lowest BCUT2D eigenvalue weighted by molar-refractivity contribution is -0.143. The van der Waals surface area contributed by atoms with Crippen molar-refractivity contribution >= 4 is 46.5 Å². The molecule has 0 aliphatic rings. The van der Waals surface area contributed by atoms with E-state index in [-0.39, 0.29) is 6.42 Å². The number of hydrogen-bond acceptors (Lipinski definition) is 7. The Morgan fingerprint density at radius 3 is 2.11 bits per heavy atom. The number of aromatic nitrogens is 1. The van der Waals surface area contributed by atoms with Crippen LogP contribution in [0.1, 0.15) is 24.8 Å². The van der Waals surface area contributed by atoms with Gasteiger partial charge in [-0.25, -0.2) is 4.79 Å². The van der Waals surface area contributed by atoms with Gasteiger partial charge in [0.05, 0.1) is 13.0 Å². The molecule has 0 fully saturated rings. The van der Waals surface area contributed by atoms with Crippen molar-refractivity contribution in [1.82, 2.24) is 20.9 Å². The molecule has 0 aliphatic carbocycles. The van der Waals surface area contributed by atoms with Crippen LogP contribution in [-0.4, -0.2) is 80.6 Å². The van der Waals surface area contributed by atoms with Gasteiger partial charge in [0.2, 0.25) is 17.7 Å². The summed E-state index contributed by atoms with van der Waals surface area (Å²) in [6, 6.07) is 2.58. The van der Waals surface area contributed by atoms with Crippen LogP contribution in [0.5, 0.6) is 0 Å². The zero-order valence-corrected chi connectivity index (χ0v) is 19.0. The van der Waals surface area contributed by atoms with Crippen LogP contribution in [0.4, 0.5) is 0 Å². The molecule has 36 heavy (non-hydrogen) atoms. The van der Waals surface area contributed by atoms with Crippen LogP contribution in [-0.2, 0) is 35.2 Å². The summed E-state index contributed by atoms with van der Waals surface area (Å²) in [4.78, 5) is 74.1. The number of carbonyl (C=O) groups is 6. The van der Waals surface area contributed by atoms with E-state index in [1.807, 2.05) is 0 Å². The van der Waals surface area contributed by atoms with Crippen LogP contribution in [0.3, 0.4) is 0 Å². The standard InChI is InChI=1S/C22H27N5O9/c23-9-17(28)25-15(8-19(31)32)21(34)26-14(5-6-18(29)30)20(33)27-16(22(35)36)7-11-10-24-13-4-2-1-3-12(11)13/h1-4,10,14-16,24H,5-9,23H2,(H,25,28)(H,26,34)(H,27,33)(H,29,30)(H,31,32)(H,35,36). The summed E-state index contributed by atoms with van der Waals surface area (Å²) in [5.74, 6) is -6.97. The predicted octanol–water partition coefficient (Wildman–Crippen LogP) is -1.45. The minimum absolute atomic E-state index is 0.112. The molecule has 0 bridgehead atoms. The summed E-state index contributed by atoms with van der Waals surface area (Å²) < 4.78 is 0. The maximum atomic E-state index is 12.9. The molecule has 0 radical (unpaired) electrons. The van der Waals surface area contributed by atoms with Gasteiger partial charge in [0.1, 0.15) is 18.1 Å². The van der Waals surface area contributed by atoms with Gasteiger partial charge in [-0.05, 0) is 18.1 Å². The van der Waals surface area contributed by atoms with Crippen molar-refractivity contribution in [3.05, 3.63) is 36.0 Å². The molecule has 14 nitrogen and oxygen atoms in total. The van der Waals surface area contributed by atoms with Crippen LogP contribution in [0, 0.1) is 0 Å². The van der Waals surface area contributed by atoms with E-state index >= 15 is 0 Å². The van der Waals surface area contributed by atoms with Gasteiger partial charge < -0.3 is 42.0 Å². The van der Waals surface area contributed by atoms with E-state index in [1.54, 1.807) is 30.5 Å². The Bertz CT molecular complexity index is 1150. The average Bonchev–Trinajstić information content (AvgIpc) is 3.22. The Labute approximate surface area is 204 Å². The van der Waals surface area contributed by atoms with Crippen LogP contribution in [0.2, 0.25) is 0 Å². The van der Waals surface area contributed by atoms with Gasteiger partial charge in [0.25, 0.3) is 0 Å². The van der Waals surface area contributed by atoms with E-state index in [9.17, 15) is 33.9 Å². The molecule has 2 aromatic rings. The number of aliphatic carboxylic acids is 3. The second-order valence-electron chi connectivity index (χ2n) is 7.88. The summed E-state index contributed by atoms with van der Waals surface area (Å²) in [5, 5.41) is 35.1. The van der Waals surface area contributed by atoms with Gasteiger partial charge in [0.15, 0.2) is 0 Å². The first-order valence-electron chi connectivity index (χ1n) is 10.8. The smallest absolute Gasteiger partial charge is 0.326 e. The summed E-state index contributed by atoms with van der Waals surface area (Å²) >= 11 is 0. The molecule has 9 N–H and O–H groups in total. The molecular formula is C22H27N5O9. The lowest BCUT2D eigenvalue weighted by atomic mass is 10.0. The maximum Gasteiger partial charge on any atom is 0.326 e. The van der Waals surface area contributed by atoms with E-state index in [4.69, 9.17) is 15.9 Å². The molecule has 0 saturated heterocycles. The Hall–Kier alpha value is -4.46. The van der Waals surface area contributed by atoms with E-state index in [2.05, 4.69) is 20.9 Å². The fourth-order valence-corrected chi connectivity index (χ4v) is 3.44. The molecular weight excluding hydrogens is 478 g/mol. The highest BCUT2D eigenvalue weighted by Crippen LogP contribution is 2.19. The lowest BCUT2D eigenvalue weighted by Gasteiger charge is -2.23. The van der Waals surface area contributed by atoms with E-state index in [0.29, 0.717) is 5.56 Å². The van der Waals surface area contributed by atoms with Gasteiger partial charge in [-0.1, -0.05) is 18.2 Å². The summed E-state index contributed by atoms with van der Waals surface area (Å²) in [7, 11) is 0. The third-order valence-electron chi connectivity index (χ3n) is 5.21. The van der Waals surface area contributed by atoms with Gasteiger partial charge in [-0.3, -0.25) is 24.0 Å². The second kappa shape index (κ2) is 12.9. The molecule has 3 unspecified atom stereocenters. The van der Waals surface area contributed by atoms with Crippen molar-refractivity contribution in [3.63, 3.8) is 0 Å². The van der Waals surface area contributed by atoms with Gasteiger partial charge in [0, 0.05) is 29.9 Å². The fourth-order valence-electron chi connectivity index (χ4n) is 3.44. The Morgan fingerprint density at radius 2 is 1.50 bits per heavy atom. The van der Waals surface area contributed by atoms with Gasteiger partial charge >= 0.3 is 17.9 Å². The van der Waals surface area contributed by atoms with Crippen LogP contribution < -0.4 is 21.7 Å². The molecule has 1 aromatic heterocycles. The Kier molecular flexibility index (Phi) is 9.92. The van der Waals surface area contributed by atoms with Crippen molar-refractivity contribution < 1.29 is 44.1 Å². The quantitative estimate of drug-likeness (QED) is 0.148. The number of H-pyrrole nitrogens is 1. The van der Waals surface area contributed by atoms with Crippen LogP contribution in [0.25, 0.3) is 10.9 Å². The molecule has 3 amide bonds. The number of benzene rings is 1. The second-order valence-corrected chi connectivity index (χ2v) is 7.88. The zero-order valence-electron chi connectivity index (χ0n) is 19.0. The van der Waals surface area contributed by atoms with Crippen LogP contribution in [0.15, 0.2) is 30.5 Å². The number of carboxylic acids is 3. The minimum atomic E-state index is -1.60. The number of rotatable bonds is 14. The topological polar surface area (TPSA) is 241 Å². The Morgan fingerprint density at radius 1 is 0.861 bits per heavy atom. The number of hydrogen-bond donors (Lipinski definition) is 8. The number of amides is 3. The van der Waals surface area contributed by atoms with Crippen molar-refractivity contribution in [1.29, 1.82) is 0 Å². The molecule has 3 atom stereocenters. The van der Waals surface area contributed by atoms with Gasteiger partial charge in [-0.15, -0.1) is 0 Å². The number of carboxylic acid groups (broad SMARTS) is 3. The summed E-state index contributed by atoms with van der Waals surface area (Å²) in [6.07, 6.45) is -0.316. The number of nitrogens with one attached hydrogen (secondary N) is 4. The highest BCUT2D eigenvalue weighted by molar-refractivity contribution is 5.95. The molecule has 14 heteroatoms. The van der Waals surface area contributed by atoms with E-state index in [0.717, 1.165) is 10.9 Å².